The van der Waals surface area contributed by atoms with Gasteiger partial charge < -0.3 is 24.4 Å². The summed E-state index contributed by atoms with van der Waals surface area (Å²) in [5.41, 5.74) is 0.882. The number of pyridine rings is 1. The van der Waals surface area contributed by atoms with Crippen LogP contribution in [-0.2, 0) is 34.7 Å². The molecule has 232 valence electrons. The van der Waals surface area contributed by atoms with Crippen molar-refractivity contribution in [3.05, 3.63) is 101 Å². The van der Waals surface area contributed by atoms with Crippen LogP contribution in [-0.4, -0.2) is 42.0 Å². The maximum Gasteiger partial charge on any atom is 0.262 e. The third kappa shape index (κ3) is 5.39. The van der Waals surface area contributed by atoms with Crippen molar-refractivity contribution >= 4 is 24.4 Å². The van der Waals surface area contributed by atoms with Crippen molar-refractivity contribution in [2.45, 2.75) is 37.8 Å². The van der Waals surface area contributed by atoms with Gasteiger partial charge in [-0.25, -0.2) is 0 Å². The van der Waals surface area contributed by atoms with Gasteiger partial charge in [-0.1, -0.05) is 12.1 Å². The van der Waals surface area contributed by atoms with Crippen LogP contribution in [0.5, 0.6) is 17.5 Å². The molecule has 1 aliphatic rings. The Morgan fingerprint density at radius 3 is 2.36 bits per heavy atom. The topological polar surface area (TPSA) is 124 Å². The fourth-order valence-electron chi connectivity index (χ4n) is 6.32. The number of benzene rings is 1. The van der Waals surface area contributed by atoms with Gasteiger partial charge in [0.15, 0.2) is 9.54 Å². The van der Waals surface area contributed by atoms with Gasteiger partial charge in [0.05, 0.1) is 25.1 Å². The zero-order chi connectivity index (χ0) is 31.9. The molecule has 3 unspecified atom stereocenters. The molecule has 0 amide bonds. The van der Waals surface area contributed by atoms with Gasteiger partial charge in [-0.05, 0) is 66.9 Å². The molecule has 1 aromatic carbocycles. The molecule has 1 fully saturated rings. The summed E-state index contributed by atoms with van der Waals surface area (Å²) in [6.45, 7) is 1.53. The lowest BCUT2D eigenvalue weighted by Gasteiger charge is -2.33. The molecule has 3 atom stereocenters. The van der Waals surface area contributed by atoms with Crippen LogP contribution in [0.1, 0.15) is 59.0 Å². The monoisotopic (exact) mass is 636 g/mol. The van der Waals surface area contributed by atoms with Gasteiger partial charge in [-0.15, -0.1) is 0 Å². The third-order valence-corrected chi connectivity index (χ3v) is 9.86. The Bertz CT molecular complexity index is 1880. The predicted molar refractivity (Wildman–Crippen MR) is 168 cm³/mol. The molecule has 0 aliphatic carbocycles. The summed E-state index contributed by atoms with van der Waals surface area (Å²) in [7, 11) is 7.57. The number of nitrogens with zero attached hydrogens (tertiary/aromatic N) is 5. The smallest absolute Gasteiger partial charge is 0.262 e. The number of methoxy groups -OCH3 is 1. The zero-order valence-electron chi connectivity index (χ0n) is 25.4. The number of piperidine rings is 1. The van der Waals surface area contributed by atoms with E-state index >= 15 is 0 Å². The first kappa shape index (κ1) is 31.4. The van der Waals surface area contributed by atoms with Crippen LogP contribution in [0.2, 0.25) is 0 Å². The van der Waals surface area contributed by atoms with Crippen LogP contribution in [0.4, 0.5) is 0 Å². The van der Waals surface area contributed by atoms with Crippen LogP contribution in [0.15, 0.2) is 52.3 Å². The highest BCUT2D eigenvalue weighted by Crippen LogP contribution is 2.38. The van der Waals surface area contributed by atoms with Crippen molar-refractivity contribution in [3.8, 4) is 17.5 Å². The minimum absolute atomic E-state index is 0.0386. The van der Waals surface area contributed by atoms with Gasteiger partial charge in [0.25, 0.3) is 11.1 Å². The molecule has 4 heterocycles. The molecular weight excluding hydrogens is 601 g/mol. The van der Waals surface area contributed by atoms with Crippen molar-refractivity contribution in [2.75, 3.05) is 13.7 Å². The Kier molecular flexibility index (Phi) is 8.91. The van der Waals surface area contributed by atoms with E-state index in [0.29, 0.717) is 17.9 Å². The lowest BCUT2D eigenvalue weighted by atomic mass is 9.85. The molecule has 13 heteroatoms. The standard InChI is InChI=1S/C31H36N6O5S2/c1-33-26(38)24(27(39)34(2)30(33)43)23(25-28(40)35(3)31(44)36(4)29(25)41)18-11-12-22(42-5)20(15-18)17-37-14-7-6-10-21(37)19-9-8-13-32-16-19/h8-9,11-13,15-16,21,23,38,40H,6-7,10,14,17H2,1-5H3. The fourth-order valence-corrected chi connectivity index (χ4v) is 6.66. The van der Waals surface area contributed by atoms with Crippen LogP contribution in [0.3, 0.4) is 0 Å². The molecule has 0 radical (unpaired) electrons. The van der Waals surface area contributed by atoms with Crippen molar-refractivity contribution in [1.29, 1.82) is 0 Å². The average molecular weight is 637 g/mol. The summed E-state index contributed by atoms with van der Waals surface area (Å²) in [5, 5.41) is 25.1. The summed E-state index contributed by atoms with van der Waals surface area (Å²) < 4.78 is 10.8. The van der Waals surface area contributed by atoms with Crippen LogP contribution >= 0.6 is 24.4 Å². The Morgan fingerprint density at radius 2 is 1.70 bits per heavy atom. The first-order chi connectivity index (χ1) is 21.0. The van der Waals surface area contributed by atoms with Gasteiger partial charge >= 0.3 is 0 Å². The SMILES string of the molecule is COc1ccc(C(c2c([O-])n(C)c(=S)n(C)c2=O)c2c(O)n(C)c(=S)n(C)c2=O)cc1C[NH+]1CCCCC1c1cccnc1. The van der Waals surface area contributed by atoms with Crippen LogP contribution < -0.4 is 25.9 Å². The third-order valence-electron chi connectivity index (χ3n) is 8.76. The lowest BCUT2D eigenvalue weighted by molar-refractivity contribution is -0.950. The van der Waals surface area contributed by atoms with E-state index in [9.17, 15) is 19.8 Å². The van der Waals surface area contributed by atoms with E-state index in [2.05, 4.69) is 11.1 Å². The number of ether oxygens (including phenoxy) is 1. The molecule has 0 bridgehead atoms. The quantitative estimate of drug-likeness (QED) is 0.295. The number of nitrogens with one attached hydrogen (secondary N) is 1. The zero-order valence-corrected chi connectivity index (χ0v) is 27.0. The Morgan fingerprint density at radius 1 is 1.02 bits per heavy atom. The minimum Gasteiger partial charge on any atom is -0.860 e. The molecule has 1 aliphatic heterocycles. The van der Waals surface area contributed by atoms with E-state index in [4.69, 9.17) is 29.2 Å². The Balaban J connectivity index is 1.75. The number of rotatable bonds is 7. The largest absolute Gasteiger partial charge is 0.860 e. The molecule has 1 saturated heterocycles. The Hall–Kier alpha value is -4.07. The fraction of sp³-hybridized carbons (Fsp3) is 0.387. The summed E-state index contributed by atoms with van der Waals surface area (Å²) in [6.07, 6.45) is 6.88. The number of hydrogen-bond donors (Lipinski definition) is 2. The number of aromatic nitrogens is 5. The summed E-state index contributed by atoms with van der Waals surface area (Å²) in [4.78, 5) is 33.2. The summed E-state index contributed by atoms with van der Waals surface area (Å²) in [6, 6.07) is 9.64. The predicted octanol–water partition coefficient (Wildman–Crippen LogP) is 1.89. The number of hydrogen-bond acceptors (Lipinski definition) is 8. The average Bonchev–Trinajstić information content (AvgIpc) is 3.04. The highest BCUT2D eigenvalue weighted by Gasteiger charge is 2.33. The molecular formula is C31H36N6O5S2. The second-order valence-corrected chi connectivity index (χ2v) is 12.0. The first-order valence-electron chi connectivity index (χ1n) is 14.3. The minimum atomic E-state index is -1.22. The highest BCUT2D eigenvalue weighted by molar-refractivity contribution is 7.71. The number of quaternary nitrogens is 1. The van der Waals surface area contributed by atoms with Gasteiger partial charge in [0.2, 0.25) is 5.88 Å². The summed E-state index contributed by atoms with van der Waals surface area (Å²) in [5.74, 6) is -1.66. The van der Waals surface area contributed by atoms with Gasteiger partial charge in [-0.3, -0.25) is 28.3 Å². The molecule has 44 heavy (non-hydrogen) atoms. The van der Waals surface area contributed by atoms with E-state index < -0.39 is 28.8 Å². The second-order valence-electron chi connectivity index (χ2n) is 11.3. The molecule has 5 rings (SSSR count). The van der Waals surface area contributed by atoms with Crippen molar-refractivity contribution in [1.82, 2.24) is 23.3 Å². The van der Waals surface area contributed by atoms with Gasteiger partial charge in [0.1, 0.15) is 18.3 Å². The van der Waals surface area contributed by atoms with Crippen LogP contribution in [0, 0.1) is 9.54 Å². The number of aromatic hydroxyl groups is 1. The maximum atomic E-state index is 13.8. The normalized spacial score (nSPS) is 17.4. The molecule has 11 nitrogen and oxygen atoms in total. The summed E-state index contributed by atoms with van der Waals surface area (Å²) >= 11 is 10.7. The Labute approximate surface area is 264 Å². The molecule has 2 N–H and O–H groups in total. The molecule has 3 aromatic heterocycles. The van der Waals surface area contributed by atoms with Gasteiger partial charge in [0, 0.05) is 63.7 Å². The van der Waals surface area contributed by atoms with E-state index in [1.807, 2.05) is 18.3 Å². The van der Waals surface area contributed by atoms with Crippen molar-refractivity contribution < 1.29 is 19.8 Å². The molecule has 4 aromatic rings. The van der Waals surface area contributed by atoms with Crippen molar-refractivity contribution in [3.63, 3.8) is 0 Å². The van der Waals surface area contributed by atoms with Crippen molar-refractivity contribution in [2.24, 2.45) is 28.2 Å². The highest BCUT2D eigenvalue weighted by atomic mass is 32.1. The molecule has 0 spiro atoms. The lowest BCUT2D eigenvalue weighted by Crippen LogP contribution is -3.11. The van der Waals surface area contributed by atoms with E-state index in [1.165, 1.54) is 51.4 Å². The van der Waals surface area contributed by atoms with E-state index in [1.54, 1.807) is 25.4 Å². The first-order valence-corrected chi connectivity index (χ1v) is 15.2. The molecule has 0 saturated carbocycles. The maximum absolute atomic E-state index is 13.8. The number of likely N-dealkylation sites (tertiary alicyclic amines) is 1. The second kappa shape index (κ2) is 12.5. The van der Waals surface area contributed by atoms with Crippen LogP contribution in [0.25, 0.3) is 0 Å². The van der Waals surface area contributed by atoms with E-state index in [-0.39, 0.29) is 26.7 Å². The van der Waals surface area contributed by atoms with E-state index in [0.717, 1.165) is 36.9 Å². The van der Waals surface area contributed by atoms with Gasteiger partial charge in [-0.2, -0.15) is 0 Å².